The van der Waals surface area contributed by atoms with Gasteiger partial charge in [0.25, 0.3) is 0 Å². The van der Waals surface area contributed by atoms with Gasteiger partial charge in [0, 0.05) is 12.6 Å². The highest BCUT2D eigenvalue weighted by Crippen LogP contribution is 1.93. The Labute approximate surface area is 107 Å². The molecule has 1 amide bonds. The van der Waals surface area contributed by atoms with Crippen molar-refractivity contribution in [2.24, 2.45) is 0 Å². The van der Waals surface area contributed by atoms with Gasteiger partial charge in [0.15, 0.2) is 0 Å². The quantitative estimate of drug-likeness (QED) is 0.698. The Balaban J connectivity index is 2.35. The molecule has 18 heavy (non-hydrogen) atoms. The second kappa shape index (κ2) is 6.95. The molecule has 0 aliphatic heterocycles. The lowest BCUT2D eigenvalue weighted by Gasteiger charge is -2.23. The third kappa shape index (κ3) is 4.70. The summed E-state index contributed by atoms with van der Waals surface area (Å²) in [6, 6.07) is 0.110. The van der Waals surface area contributed by atoms with Crippen LogP contribution >= 0.6 is 0 Å². The fourth-order valence-corrected chi connectivity index (χ4v) is 1.77. The predicted octanol–water partition coefficient (Wildman–Crippen LogP) is -0.293. The molecule has 1 aromatic heterocycles. The normalized spacial score (nSPS) is 12.7. The summed E-state index contributed by atoms with van der Waals surface area (Å²) in [5.41, 5.74) is 5.38. The molecule has 0 radical (unpaired) electrons. The van der Waals surface area contributed by atoms with Crippen LogP contribution in [0.5, 0.6) is 0 Å². The summed E-state index contributed by atoms with van der Waals surface area (Å²) in [5, 5.41) is 6.79. The van der Waals surface area contributed by atoms with E-state index in [9.17, 15) is 4.79 Å². The van der Waals surface area contributed by atoms with E-state index in [4.69, 9.17) is 5.73 Å². The summed E-state index contributed by atoms with van der Waals surface area (Å²) < 4.78 is 1.43. The highest BCUT2D eigenvalue weighted by molar-refractivity contribution is 5.75. The number of carbonyl (C=O) groups excluding carboxylic acids is 1. The van der Waals surface area contributed by atoms with Crippen molar-refractivity contribution < 1.29 is 4.79 Å². The maximum absolute atomic E-state index is 11.7. The lowest BCUT2D eigenvalue weighted by molar-refractivity contribution is -0.122. The summed E-state index contributed by atoms with van der Waals surface area (Å²) in [6.45, 7) is 9.16. The number of nitrogens with two attached hydrogens (primary N) is 1. The lowest BCUT2D eigenvalue weighted by Crippen LogP contribution is -2.43. The number of likely N-dealkylation sites (N-methyl/N-ethyl adjacent to an activating group) is 1. The molecule has 3 N–H and O–H groups in total. The smallest absolute Gasteiger partial charge is 0.242 e. The zero-order valence-electron chi connectivity index (χ0n) is 11.3. The first-order valence-electron chi connectivity index (χ1n) is 6.21. The molecule has 0 spiro atoms. The summed E-state index contributed by atoms with van der Waals surface area (Å²) >= 11 is 0. The molecule has 1 heterocycles. The van der Waals surface area contributed by atoms with Gasteiger partial charge in [-0.3, -0.25) is 4.79 Å². The fourth-order valence-electron chi connectivity index (χ4n) is 1.77. The number of nitrogens with zero attached hydrogens (tertiary/aromatic N) is 4. The molecule has 0 aliphatic carbocycles. The van der Waals surface area contributed by atoms with Crippen LogP contribution in [0.25, 0.3) is 0 Å². The van der Waals surface area contributed by atoms with Gasteiger partial charge in [0.05, 0.1) is 0 Å². The van der Waals surface area contributed by atoms with Gasteiger partial charge < -0.3 is 16.0 Å². The van der Waals surface area contributed by atoms with E-state index in [1.54, 1.807) is 0 Å². The van der Waals surface area contributed by atoms with E-state index >= 15 is 0 Å². The van der Waals surface area contributed by atoms with Crippen molar-refractivity contribution in [1.82, 2.24) is 25.0 Å². The molecule has 0 saturated carbocycles. The molecule has 1 unspecified atom stereocenters. The summed E-state index contributed by atoms with van der Waals surface area (Å²) in [5.74, 6) is 0.0959. The van der Waals surface area contributed by atoms with E-state index in [0.29, 0.717) is 0 Å². The molecule has 0 fully saturated rings. The molecule has 7 nitrogen and oxygen atoms in total. The largest absolute Gasteiger partial charge is 0.367 e. The van der Waals surface area contributed by atoms with Gasteiger partial charge in [-0.1, -0.05) is 13.8 Å². The van der Waals surface area contributed by atoms with E-state index in [1.807, 2.05) is 6.92 Å². The van der Waals surface area contributed by atoms with Gasteiger partial charge in [-0.15, -0.1) is 5.10 Å². The van der Waals surface area contributed by atoms with E-state index < -0.39 is 0 Å². The second-order valence-electron chi connectivity index (χ2n) is 4.25. The molecule has 1 aromatic rings. The maximum Gasteiger partial charge on any atom is 0.242 e. The van der Waals surface area contributed by atoms with Crippen molar-refractivity contribution in [2.75, 3.05) is 25.4 Å². The van der Waals surface area contributed by atoms with Gasteiger partial charge >= 0.3 is 0 Å². The maximum atomic E-state index is 11.7. The highest BCUT2D eigenvalue weighted by Gasteiger charge is 2.11. The van der Waals surface area contributed by atoms with Crippen LogP contribution in [0.15, 0.2) is 6.33 Å². The number of aromatic nitrogens is 3. The minimum absolute atomic E-state index is 0.0837. The van der Waals surface area contributed by atoms with Gasteiger partial charge in [-0.25, -0.2) is 9.67 Å². The van der Waals surface area contributed by atoms with Crippen molar-refractivity contribution in [3.8, 4) is 0 Å². The Morgan fingerprint density at radius 3 is 2.72 bits per heavy atom. The summed E-state index contributed by atoms with van der Waals surface area (Å²) in [4.78, 5) is 17.8. The van der Waals surface area contributed by atoms with Crippen LogP contribution in [-0.4, -0.2) is 51.2 Å². The number of hydrogen-bond donors (Lipinski definition) is 2. The van der Waals surface area contributed by atoms with Gasteiger partial charge in [0.2, 0.25) is 11.9 Å². The first-order chi connectivity index (χ1) is 8.55. The SMILES string of the molecule is CCN(CC)CC(C)NC(=O)Cn1cnc(N)n1. The van der Waals surface area contributed by atoms with E-state index in [0.717, 1.165) is 19.6 Å². The minimum Gasteiger partial charge on any atom is -0.367 e. The Bertz CT molecular complexity index is 373. The van der Waals surface area contributed by atoms with Gasteiger partial charge in [-0.2, -0.15) is 0 Å². The number of anilines is 1. The predicted molar refractivity (Wildman–Crippen MR) is 69.8 cm³/mol. The topological polar surface area (TPSA) is 89.1 Å². The number of nitrogens with one attached hydrogen (secondary N) is 1. The molecule has 102 valence electrons. The van der Waals surface area contributed by atoms with Crippen molar-refractivity contribution in [2.45, 2.75) is 33.4 Å². The first kappa shape index (κ1) is 14.4. The van der Waals surface area contributed by atoms with Crippen LogP contribution in [0.3, 0.4) is 0 Å². The first-order valence-corrected chi connectivity index (χ1v) is 6.21. The molecule has 0 bridgehead atoms. The van der Waals surface area contributed by atoms with Gasteiger partial charge in [-0.05, 0) is 20.0 Å². The molecule has 0 saturated heterocycles. The Hall–Kier alpha value is -1.63. The minimum atomic E-state index is -0.0837. The second-order valence-corrected chi connectivity index (χ2v) is 4.25. The Kier molecular flexibility index (Phi) is 5.57. The average Bonchev–Trinajstić information content (AvgIpc) is 2.71. The third-order valence-corrected chi connectivity index (χ3v) is 2.69. The number of hydrogen-bond acceptors (Lipinski definition) is 5. The van der Waals surface area contributed by atoms with Crippen LogP contribution in [0.1, 0.15) is 20.8 Å². The number of rotatable bonds is 7. The Morgan fingerprint density at radius 1 is 1.56 bits per heavy atom. The monoisotopic (exact) mass is 254 g/mol. The molecular weight excluding hydrogens is 232 g/mol. The zero-order chi connectivity index (χ0) is 13.5. The number of nitrogen functional groups attached to an aromatic ring is 1. The molecule has 0 aromatic carbocycles. The average molecular weight is 254 g/mol. The molecule has 1 rings (SSSR count). The number of carbonyl (C=O) groups is 1. The zero-order valence-corrected chi connectivity index (χ0v) is 11.3. The van der Waals surface area contributed by atoms with Crippen molar-refractivity contribution in [3.05, 3.63) is 6.33 Å². The molecule has 1 atom stereocenters. The van der Waals surface area contributed by atoms with E-state index in [1.165, 1.54) is 11.0 Å². The van der Waals surface area contributed by atoms with E-state index in [-0.39, 0.29) is 24.4 Å². The van der Waals surface area contributed by atoms with Crippen LogP contribution in [0, 0.1) is 0 Å². The van der Waals surface area contributed by atoms with Gasteiger partial charge in [0.1, 0.15) is 12.9 Å². The Morgan fingerprint density at radius 2 is 2.22 bits per heavy atom. The van der Waals surface area contributed by atoms with Crippen molar-refractivity contribution >= 4 is 11.9 Å². The highest BCUT2D eigenvalue weighted by atomic mass is 16.2. The van der Waals surface area contributed by atoms with Crippen molar-refractivity contribution in [3.63, 3.8) is 0 Å². The molecular formula is C11H22N6O. The summed E-state index contributed by atoms with van der Waals surface area (Å²) in [7, 11) is 0. The third-order valence-electron chi connectivity index (χ3n) is 2.69. The lowest BCUT2D eigenvalue weighted by atomic mass is 10.3. The molecule has 7 heteroatoms. The molecule has 0 aliphatic rings. The van der Waals surface area contributed by atoms with Crippen LogP contribution in [0.4, 0.5) is 5.95 Å². The van der Waals surface area contributed by atoms with Crippen LogP contribution < -0.4 is 11.1 Å². The number of amides is 1. The van der Waals surface area contributed by atoms with E-state index in [2.05, 4.69) is 34.1 Å². The van der Waals surface area contributed by atoms with Crippen molar-refractivity contribution in [1.29, 1.82) is 0 Å². The van der Waals surface area contributed by atoms with Crippen LogP contribution in [0.2, 0.25) is 0 Å². The summed E-state index contributed by atoms with van der Waals surface area (Å²) in [6.07, 6.45) is 1.45. The fraction of sp³-hybridized carbons (Fsp3) is 0.727. The standard InChI is InChI=1S/C11H22N6O/c1-4-16(5-2)6-9(3)14-10(18)7-17-8-13-11(12)15-17/h8-9H,4-7H2,1-3H3,(H2,12,15)(H,14,18). The van der Waals surface area contributed by atoms with Crippen LogP contribution in [-0.2, 0) is 11.3 Å².